The van der Waals surface area contributed by atoms with Gasteiger partial charge < -0.3 is 20.1 Å². The molecule has 0 aromatic heterocycles. The number of halogens is 12. The third-order valence-electron chi connectivity index (χ3n) is 11.8. The smallest absolute Gasteiger partial charge is 0.416 e. The van der Waals surface area contributed by atoms with Gasteiger partial charge in [-0.2, -0.15) is 73.7 Å². The highest BCUT2D eigenvalue weighted by molar-refractivity contribution is 6.09. The molecule has 7 aromatic rings. The average Bonchev–Trinajstić information content (AvgIpc) is 4.00. The Morgan fingerprint density at radius 3 is 0.892 bits per heavy atom. The molecule has 0 saturated heterocycles. The summed E-state index contributed by atoms with van der Waals surface area (Å²) in [5, 5.41) is 45.9. The van der Waals surface area contributed by atoms with E-state index in [-0.39, 0.29) is 80.2 Å². The highest BCUT2D eigenvalue weighted by atomic mass is 19.4. The lowest BCUT2D eigenvalue weighted by Gasteiger charge is -2.20. The molecule has 8 nitrogen and oxygen atoms in total. The number of nitrogens with zero attached hydrogens (tertiary/aromatic N) is 4. The molecule has 2 N–H and O–H groups in total. The molecule has 0 radical (unpaired) electrons. The van der Waals surface area contributed by atoms with Gasteiger partial charge in [-0.05, 0) is 92.0 Å². The van der Waals surface area contributed by atoms with E-state index in [0.29, 0.717) is 57.6 Å². The van der Waals surface area contributed by atoms with Crippen molar-refractivity contribution in [3.05, 3.63) is 179 Å². The summed E-state index contributed by atoms with van der Waals surface area (Å²) in [6, 6.07) is 33.5. The summed E-state index contributed by atoms with van der Waals surface area (Å²) in [6.07, 6.45) is -20.4. The molecule has 9 rings (SSSR count). The van der Waals surface area contributed by atoms with Crippen molar-refractivity contribution >= 4 is 11.4 Å². The van der Waals surface area contributed by atoms with E-state index in [0.717, 1.165) is 0 Å². The van der Waals surface area contributed by atoms with Crippen LogP contribution in [-0.2, 0) is 24.7 Å². The zero-order valence-electron chi connectivity index (χ0n) is 36.8. The van der Waals surface area contributed by atoms with E-state index in [1.165, 1.54) is 48.5 Å². The fourth-order valence-electron chi connectivity index (χ4n) is 8.46. The maximum Gasteiger partial charge on any atom is 0.416 e. The summed E-state index contributed by atoms with van der Waals surface area (Å²) in [5.74, 6) is -0.812. The second-order valence-electron chi connectivity index (χ2n) is 16.3. The SMILES string of the molecule is N#CC(C#N)=C1Nc2c(c(-c3ccccc3-c3ccc(-c4cc(C(F)(F)F)cc(C(F)(F)F)c4)cc3)c3c(c2-c2ccccc2-c2ccc(-c4cc(C(F)(F)F)cc(C(F)(F)F)c4)cc2)OC(=C(C#N)C#N)N3)O1. The topological polar surface area (TPSA) is 138 Å². The first-order valence-corrected chi connectivity index (χ1v) is 21.2. The van der Waals surface area contributed by atoms with Crippen LogP contribution in [0.2, 0.25) is 0 Å². The Kier molecular flexibility index (Phi) is 12.1. The molecule has 0 atom stereocenters. The Morgan fingerprint density at radius 2 is 0.622 bits per heavy atom. The van der Waals surface area contributed by atoms with Gasteiger partial charge in [-0.25, -0.2) is 0 Å². The summed E-state index contributed by atoms with van der Waals surface area (Å²) < 4.78 is 178. The van der Waals surface area contributed by atoms with Crippen molar-refractivity contribution in [2.75, 3.05) is 10.6 Å². The molecule has 0 saturated carbocycles. The third-order valence-corrected chi connectivity index (χ3v) is 11.8. The molecule has 366 valence electrons. The lowest BCUT2D eigenvalue weighted by Crippen LogP contribution is -2.11. The summed E-state index contributed by atoms with van der Waals surface area (Å²) in [7, 11) is 0. The van der Waals surface area contributed by atoms with Gasteiger partial charge in [0.05, 0.1) is 44.8 Å². The number of benzene rings is 7. The van der Waals surface area contributed by atoms with E-state index in [1.54, 1.807) is 72.8 Å². The first-order valence-electron chi connectivity index (χ1n) is 21.2. The summed E-state index contributed by atoms with van der Waals surface area (Å²) >= 11 is 0. The minimum Gasteiger partial charge on any atom is -0.436 e. The lowest BCUT2D eigenvalue weighted by molar-refractivity contribution is -0.144. The van der Waals surface area contributed by atoms with Crippen LogP contribution in [0.1, 0.15) is 22.3 Å². The molecule has 0 unspecified atom stereocenters. The predicted octanol–water partition coefficient (Wildman–Crippen LogP) is 15.9. The van der Waals surface area contributed by atoms with Crippen molar-refractivity contribution in [1.29, 1.82) is 21.0 Å². The first kappa shape index (κ1) is 49.3. The number of ether oxygens (including phenoxy) is 2. The van der Waals surface area contributed by atoms with Gasteiger partial charge in [0, 0.05) is 0 Å². The van der Waals surface area contributed by atoms with Crippen LogP contribution < -0.4 is 20.1 Å². The third kappa shape index (κ3) is 9.12. The van der Waals surface area contributed by atoms with Crippen LogP contribution in [0.3, 0.4) is 0 Å². The second kappa shape index (κ2) is 18.2. The Bertz CT molecular complexity index is 3330. The molecular formula is C54H24F12N6O2. The van der Waals surface area contributed by atoms with Gasteiger partial charge in [0.15, 0.2) is 22.6 Å². The van der Waals surface area contributed by atoms with Gasteiger partial charge in [-0.15, -0.1) is 0 Å². The molecule has 0 aliphatic carbocycles. The summed E-state index contributed by atoms with van der Waals surface area (Å²) in [4.78, 5) is 0. The van der Waals surface area contributed by atoms with Crippen molar-refractivity contribution in [1.82, 2.24) is 0 Å². The number of anilines is 2. The second-order valence-corrected chi connectivity index (χ2v) is 16.3. The van der Waals surface area contributed by atoms with Gasteiger partial charge in [-0.3, -0.25) is 0 Å². The molecule has 0 spiro atoms. The standard InChI is InChI=1S/C54H24F12N6O2/c55-51(56,57)35-17-31(18-36(21-35)52(58,59)60)27-9-13-29(14-10-27)39-5-1-3-7-41(39)43-45-48(74-49(71-45)33(23-67)24-68)44(46-47(43)73-50(72-46)34(25-69)26-70)42-8-4-2-6-40(42)30-15-11-28(12-16-30)32-19-37(53(61,62)63)22-38(20-32)54(64,65)66/h1-22,71-72H. The zero-order valence-corrected chi connectivity index (χ0v) is 36.8. The van der Waals surface area contributed by atoms with Crippen molar-refractivity contribution in [3.8, 4) is 103 Å². The van der Waals surface area contributed by atoms with E-state index >= 15 is 0 Å². The van der Waals surface area contributed by atoms with E-state index in [1.807, 2.05) is 0 Å². The van der Waals surface area contributed by atoms with Crippen molar-refractivity contribution in [2.24, 2.45) is 0 Å². The van der Waals surface area contributed by atoms with Crippen LogP contribution in [-0.4, -0.2) is 0 Å². The zero-order chi connectivity index (χ0) is 53.1. The van der Waals surface area contributed by atoms with Crippen molar-refractivity contribution < 1.29 is 62.2 Å². The molecule has 0 bridgehead atoms. The van der Waals surface area contributed by atoms with Crippen LogP contribution in [0.15, 0.2) is 156 Å². The number of rotatable bonds is 6. The maximum absolute atomic E-state index is 13.8. The van der Waals surface area contributed by atoms with Crippen LogP contribution in [0.4, 0.5) is 64.1 Å². The predicted molar refractivity (Wildman–Crippen MR) is 244 cm³/mol. The Labute approximate surface area is 410 Å². The lowest BCUT2D eigenvalue weighted by atomic mass is 9.87. The van der Waals surface area contributed by atoms with Crippen molar-refractivity contribution in [3.63, 3.8) is 0 Å². The highest BCUT2D eigenvalue weighted by Gasteiger charge is 2.41. The van der Waals surface area contributed by atoms with E-state index in [9.17, 15) is 73.7 Å². The average molecular weight is 1020 g/mol. The number of alkyl halides is 12. The largest absolute Gasteiger partial charge is 0.436 e. The van der Waals surface area contributed by atoms with Gasteiger partial charge in [0.25, 0.3) is 0 Å². The molecular weight excluding hydrogens is 993 g/mol. The quantitative estimate of drug-likeness (QED) is 0.124. The van der Waals surface area contributed by atoms with Gasteiger partial charge >= 0.3 is 24.7 Å². The monoisotopic (exact) mass is 1020 g/mol. The Balaban J connectivity index is 1.24. The van der Waals surface area contributed by atoms with Crippen LogP contribution in [0, 0.1) is 45.3 Å². The van der Waals surface area contributed by atoms with Gasteiger partial charge in [0.1, 0.15) is 24.3 Å². The summed E-state index contributed by atoms with van der Waals surface area (Å²) in [5.41, 5.74) is -5.38. The van der Waals surface area contributed by atoms with Crippen LogP contribution >= 0.6 is 0 Å². The number of hydrogen-bond donors (Lipinski definition) is 2. The molecule has 74 heavy (non-hydrogen) atoms. The number of hydrogen-bond acceptors (Lipinski definition) is 8. The van der Waals surface area contributed by atoms with Gasteiger partial charge in [0.2, 0.25) is 11.8 Å². The number of allylic oxidation sites excluding steroid dienone is 2. The molecule has 0 amide bonds. The molecule has 0 fully saturated rings. The Morgan fingerprint density at radius 1 is 0.351 bits per heavy atom. The summed E-state index contributed by atoms with van der Waals surface area (Å²) in [6.45, 7) is 0. The molecule has 7 aromatic carbocycles. The van der Waals surface area contributed by atoms with E-state index < -0.39 is 58.1 Å². The fourth-order valence-corrected chi connectivity index (χ4v) is 8.46. The van der Waals surface area contributed by atoms with E-state index in [2.05, 4.69) is 10.6 Å². The fraction of sp³-hybridized carbons (Fsp3) is 0.0741. The highest BCUT2D eigenvalue weighted by Crippen LogP contribution is 2.62. The maximum atomic E-state index is 13.8. The minimum atomic E-state index is -5.10. The van der Waals surface area contributed by atoms with Crippen LogP contribution in [0.5, 0.6) is 11.5 Å². The normalized spacial score (nSPS) is 12.9. The van der Waals surface area contributed by atoms with Gasteiger partial charge in [-0.1, -0.05) is 97.1 Å². The number of fused-ring (bicyclic) bond motifs is 2. The molecule has 2 aliphatic rings. The molecule has 20 heteroatoms. The van der Waals surface area contributed by atoms with E-state index in [4.69, 9.17) is 9.47 Å². The Hall–Kier alpha value is -9.66. The minimum absolute atomic E-state index is 0.00162. The first-order chi connectivity index (χ1) is 35.0. The molecule has 2 aliphatic heterocycles. The number of nitrogens with one attached hydrogen (secondary N) is 2. The molecule has 2 heterocycles. The van der Waals surface area contributed by atoms with Crippen molar-refractivity contribution in [2.45, 2.75) is 24.7 Å². The van der Waals surface area contributed by atoms with Crippen LogP contribution in [0.25, 0.3) is 66.8 Å². The number of nitriles is 4.